The van der Waals surface area contributed by atoms with Crippen molar-refractivity contribution in [2.75, 3.05) is 17.1 Å². The number of hydrogen-bond donors (Lipinski definition) is 1. The Labute approximate surface area is 210 Å². The second kappa shape index (κ2) is 9.58. The zero-order valence-electron chi connectivity index (χ0n) is 19.2. The number of benzene rings is 2. The summed E-state index contributed by atoms with van der Waals surface area (Å²) in [4.78, 5) is 21.5. The van der Waals surface area contributed by atoms with Crippen LogP contribution in [0, 0.1) is 0 Å². The van der Waals surface area contributed by atoms with Crippen molar-refractivity contribution in [1.82, 2.24) is 10.3 Å². The van der Waals surface area contributed by atoms with Crippen molar-refractivity contribution in [3.05, 3.63) is 89.7 Å². The summed E-state index contributed by atoms with van der Waals surface area (Å²) in [7, 11) is -2.82. The average molecular weight is 535 g/mol. The van der Waals surface area contributed by atoms with Crippen LogP contribution in [0.25, 0.3) is 0 Å². The van der Waals surface area contributed by atoms with Gasteiger partial charge in [0.2, 0.25) is 0 Å². The van der Waals surface area contributed by atoms with E-state index in [4.69, 9.17) is 0 Å². The molecule has 2 aromatic carbocycles. The van der Waals surface area contributed by atoms with Gasteiger partial charge in [-0.2, -0.15) is 13.2 Å². The van der Waals surface area contributed by atoms with Crippen LogP contribution in [0.1, 0.15) is 28.5 Å². The number of sulfonamides is 1. The summed E-state index contributed by atoms with van der Waals surface area (Å²) in [6.45, 7) is 1.92. The molecule has 0 saturated carbocycles. The minimum Gasteiger partial charge on any atom is -0.301 e. The first-order valence-electron chi connectivity index (χ1n) is 10.6. The number of carbonyl (C=O) groups excluding carboxylic acids is 1. The fraction of sp³-hybridized carbons (Fsp3) is 0.208. The Morgan fingerprint density at radius 2 is 1.72 bits per heavy atom. The largest absolute Gasteiger partial charge is 0.416 e. The van der Waals surface area contributed by atoms with Crippen molar-refractivity contribution in [2.45, 2.75) is 23.5 Å². The number of rotatable bonds is 5. The lowest BCUT2D eigenvalue weighted by molar-refractivity contribution is -0.137. The second-order valence-corrected chi connectivity index (χ2v) is 11.1. The topological polar surface area (TPSA) is 91.7 Å². The summed E-state index contributed by atoms with van der Waals surface area (Å²) in [5.41, 5.74) is -0.376. The van der Waals surface area contributed by atoms with E-state index in [1.165, 1.54) is 43.1 Å². The Balaban J connectivity index is 1.46. The summed E-state index contributed by atoms with van der Waals surface area (Å²) < 4.78 is 65.2. The Morgan fingerprint density at radius 3 is 2.31 bits per heavy atom. The van der Waals surface area contributed by atoms with Crippen LogP contribution in [0.4, 0.5) is 18.9 Å². The molecule has 36 heavy (non-hydrogen) atoms. The highest BCUT2D eigenvalue weighted by Gasteiger charge is 2.34. The molecule has 1 N–H and O–H groups in total. The fourth-order valence-electron chi connectivity index (χ4n) is 3.48. The minimum atomic E-state index is -4.52. The third-order valence-electron chi connectivity index (χ3n) is 5.61. The molecule has 1 atom stereocenters. The van der Waals surface area contributed by atoms with Gasteiger partial charge in [0.15, 0.2) is 5.17 Å². The summed E-state index contributed by atoms with van der Waals surface area (Å²) in [5.74, 6) is 0.152. The van der Waals surface area contributed by atoms with Gasteiger partial charge >= 0.3 is 6.18 Å². The van der Waals surface area contributed by atoms with Gasteiger partial charge in [0, 0.05) is 24.6 Å². The smallest absolute Gasteiger partial charge is 0.301 e. The van der Waals surface area contributed by atoms with Gasteiger partial charge in [-0.15, -0.1) is 0 Å². The molecule has 7 nitrogen and oxygen atoms in total. The molecule has 188 valence electrons. The number of aliphatic imine (C=N–C) groups is 1. The number of amidine groups is 1. The first kappa shape index (κ1) is 25.7. The average Bonchev–Trinajstić information content (AvgIpc) is 3.25. The van der Waals surface area contributed by atoms with E-state index in [1.807, 2.05) is 25.1 Å². The van der Waals surface area contributed by atoms with E-state index in [0.717, 1.165) is 34.3 Å². The third-order valence-corrected chi connectivity index (χ3v) is 8.58. The lowest BCUT2D eigenvalue weighted by atomic mass is 10.0. The van der Waals surface area contributed by atoms with E-state index in [0.29, 0.717) is 10.9 Å². The summed E-state index contributed by atoms with van der Waals surface area (Å²) in [6.07, 6.45) is -2.84. The first-order chi connectivity index (χ1) is 16.9. The number of amides is 1. The Hall–Kier alpha value is -3.38. The highest BCUT2D eigenvalue weighted by Crippen LogP contribution is 2.35. The van der Waals surface area contributed by atoms with E-state index in [-0.39, 0.29) is 16.1 Å². The maximum atomic E-state index is 13.0. The molecule has 1 aliphatic rings. The van der Waals surface area contributed by atoms with Crippen LogP contribution < -0.4 is 9.62 Å². The summed E-state index contributed by atoms with van der Waals surface area (Å²) >= 11 is 1.38. The van der Waals surface area contributed by atoms with Crippen LogP contribution in [0.3, 0.4) is 0 Å². The Morgan fingerprint density at radius 1 is 1.06 bits per heavy atom. The van der Waals surface area contributed by atoms with Crippen LogP contribution in [0.2, 0.25) is 0 Å². The van der Waals surface area contributed by atoms with Crippen molar-refractivity contribution in [3.63, 3.8) is 0 Å². The lowest BCUT2D eigenvalue weighted by Crippen LogP contribution is -2.28. The van der Waals surface area contributed by atoms with Crippen LogP contribution in [0.5, 0.6) is 0 Å². The third kappa shape index (κ3) is 5.24. The normalized spacial score (nSPS) is 18.0. The monoisotopic (exact) mass is 534 g/mol. The molecule has 0 bridgehead atoms. The molecular formula is C24H21F3N4O3S2. The molecule has 0 aliphatic carbocycles. The molecular weight excluding hydrogens is 513 g/mol. The van der Waals surface area contributed by atoms with E-state index >= 15 is 0 Å². The number of hydrogen-bond acceptors (Lipinski definition) is 6. The van der Waals surface area contributed by atoms with Crippen molar-refractivity contribution in [1.29, 1.82) is 0 Å². The van der Waals surface area contributed by atoms with E-state index in [1.54, 1.807) is 6.20 Å². The molecule has 0 spiro atoms. The molecule has 4 rings (SSSR count). The Bertz CT molecular complexity index is 1400. The number of aromatic nitrogens is 1. The molecule has 12 heteroatoms. The zero-order chi connectivity index (χ0) is 26.1. The highest BCUT2D eigenvalue weighted by atomic mass is 32.2. The number of alkyl halides is 3. The number of carbonyl (C=O) groups is 1. The van der Waals surface area contributed by atoms with Gasteiger partial charge in [0.1, 0.15) is 5.54 Å². The van der Waals surface area contributed by atoms with Gasteiger partial charge in [-0.1, -0.05) is 17.8 Å². The van der Waals surface area contributed by atoms with Crippen LogP contribution in [-0.2, 0) is 21.7 Å². The molecule has 2 heterocycles. The van der Waals surface area contributed by atoms with E-state index < -0.39 is 33.2 Å². The number of anilines is 1. The maximum Gasteiger partial charge on any atom is 0.416 e. The first-order valence-corrected chi connectivity index (χ1v) is 13.0. The zero-order valence-corrected chi connectivity index (χ0v) is 20.8. The van der Waals surface area contributed by atoms with Gasteiger partial charge < -0.3 is 5.32 Å². The number of pyridine rings is 1. The number of halogens is 3. The minimum absolute atomic E-state index is 0.0667. The number of nitrogens with zero attached hydrogens (tertiary/aromatic N) is 3. The molecule has 1 aliphatic heterocycles. The van der Waals surface area contributed by atoms with Crippen LogP contribution >= 0.6 is 11.8 Å². The van der Waals surface area contributed by atoms with E-state index in [2.05, 4.69) is 15.3 Å². The molecule has 1 amide bonds. The maximum absolute atomic E-state index is 13.0. The SMILES string of the molecule is CN(c1ccc(C(F)(F)F)cc1)S(=O)(=O)c1ccc(C(=O)NC2=NC(C)(c3ccccn3)CS2)cc1. The van der Waals surface area contributed by atoms with Crippen molar-refractivity contribution in [2.24, 2.45) is 4.99 Å². The predicted molar refractivity (Wildman–Crippen MR) is 132 cm³/mol. The standard InChI is InChI=1S/C24H21F3N4O3S2/c1-23(20-5-3-4-14-28-20)15-35-22(30-23)29-21(32)16-6-12-19(13-7-16)36(33,34)31(2)18-10-8-17(9-11-18)24(25,26)27/h3-14H,15H2,1-2H3,(H,29,30,32). The molecule has 1 aromatic heterocycles. The molecule has 0 radical (unpaired) electrons. The van der Waals surface area contributed by atoms with Gasteiger partial charge in [-0.3, -0.25) is 14.1 Å². The molecule has 3 aromatic rings. The van der Waals surface area contributed by atoms with E-state index in [9.17, 15) is 26.4 Å². The van der Waals surface area contributed by atoms with Crippen LogP contribution in [-0.4, -0.2) is 37.3 Å². The summed E-state index contributed by atoms with van der Waals surface area (Å²) in [5, 5.41) is 3.18. The molecule has 0 saturated heterocycles. The second-order valence-electron chi connectivity index (χ2n) is 8.19. The van der Waals surface area contributed by atoms with Gasteiger partial charge in [0.05, 0.1) is 21.8 Å². The summed E-state index contributed by atoms with van der Waals surface area (Å²) in [6, 6.07) is 14.6. The quantitative estimate of drug-likeness (QED) is 0.514. The van der Waals surface area contributed by atoms with Crippen molar-refractivity contribution >= 4 is 38.5 Å². The van der Waals surface area contributed by atoms with Crippen LogP contribution in [0.15, 0.2) is 82.8 Å². The fourth-order valence-corrected chi connectivity index (χ4v) is 5.74. The predicted octanol–water partition coefficient (Wildman–Crippen LogP) is 4.67. The highest BCUT2D eigenvalue weighted by molar-refractivity contribution is 8.14. The van der Waals surface area contributed by atoms with Gasteiger partial charge in [-0.05, 0) is 67.6 Å². The van der Waals surface area contributed by atoms with Gasteiger partial charge in [0.25, 0.3) is 15.9 Å². The Kier molecular flexibility index (Phi) is 6.84. The lowest BCUT2D eigenvalue weighted by Gasteiger charge is -2.20. The number of nitrogens with one attached hydrogen (secondary N) is 1. The van der Waals surface area contributed by atoms with Crippen molar-refractivity contribution < 1.29 is 26.4 Å². The molecule has 1 unspecified atom stereocenters. The number of thioether (sulfide) groups is 1. The van der Waals surface area contributed by atoms with Crippen molar-refractivity contribution in [3.8, 4) is 0 Å². The van der Waals surface area contributed by atoms with Gasteiger partial charge in [-0.25, -0.2) is 13.4 Å². The molecule has 0 fully saturated rings.